The molecule has 14 heavy (non-hydrogen) atoms. The van der Waals surface area contributed by atoms with Crippen molar-refractivity contribution in [3.05, 3.63) is 28.4 Å². The van der Waals surface area contributed by atoms with Crippen molar-refractivity contribution in [2.45, 2.75) is 13.1 Å². The monoisotopic (exact) mass is 256 g/mol. The second kappa shape index (κ2) is 3.35. The molecular weight excluding hydrogens is 247 g/mol. The van der Waals surface area contributed by atoms with Crippen LogP contribution in [0.3, 0.4) is 0 Å². The minimum Gasteiger partial charge on any atom is -0.266 e. The van der Waals surface area contributed by atoms with E-state index in [1.165, 1.54) is 6.92 Å². The third kappa shape index (κ3) is 1.34. The Balaban J connectivity index is 2.84. The highest BCUT2D eigenvalue weighted by Crippen LogP contribution is 2.29. The zero-order valence-corrected chi connectivity index (χ0v) is 9.55. The Hall–Kier alpha value is -0.900. The molecule has 0 N–H and O–H groups in total. The fourth-order valence-corrected chi connectivity index (χ4v) is 2.23. The van der Waals surface area contributed by atoms with Crippen LogP contribution in [0.1, 0.15) is 18.8 Å². The van der Waals surface area contributed by atoms with Gasteiger partial charge in [0.1, 0.15) is 11.9 Å². The summed E-state index contributed by atoms with van der Waals surface area (Å²) in [5.74, 6) is 0. The van der Waals surface area contributed by atoms with Crippen molar-refractivity contribution in [2.24, 2.45) is 7.05 Å². The molecule has 0 radical (unpaired) electrons. The highest BCUT2D eigenvalue weighted by Gasteiger charge is 2.15. The molecule has 0 aliphatic rings. The SMILES string of the molecule is CC(F)c1nn(C)c2c(Br)cccc12. The summed E-state index contributed by atoms with van der Waals surface area (Å²) in [6.45, 7) is 1.50. The van der Waals surface area contributed by atoms with Crippen molar-refractivity contribution in [1.29, 1.82) is 0 Å². The lowest BCUT2D eigenvalue weighted by Crippen LogP contribution is -1.92. The van der Waals surface area contributed by atoms with E-state index in [9.17, 15) is 4.39 Å². The normalized spacial score (nSPS) is 13.4. The van der Waals surface area contributed by atoms with Crippen LogP contribution < -0.4 is 0 Å². The quantitative estimate of drug-likeness (QED) is 0.765. The minimum absolute atomic E-state index is 0.504. The summed E-state index contributed by atoms with van der Waals surface area (Å²) >= 11 is 3.43. The van der Waals surface area contributed by atoms with Crippen LogP contribution in [0.25, 0.3) is 10.9 Å². The Bertz CT molecular complexity index is 476. The molecule has 0 aliphatic heterocycles. The van der Waals surface area contributed by atoms with Crippen LogP contribution in [0.5, 0.6) is 0 Å². The maximum absolute atomic E-state index is 13.2. The van der Waals surface area contributed by atoms with Crippen LogP contribution in [0.4, 0.5) is 4.39 Å². The number of hydrogen-bond acceptors (Lipinski definition) is 1. The summed E-state index contributed by atoms with van der Waals surface area (Å²) in [4.78, 5) is 0. The van der Waals surface area contributed by atoms with Crippen LogP contribution >= 0.6 is 15.9 Å². The highest BCUT2D eigenvalue weighted by atomic mass is 79.9. The fourth-order valence-electron chi connectivity index (χ4n) is 1.61. The number of halogens is 2. The Kier molecular flexibility index (Phi) is 2.31. The smallest absolute Gasteiger partial charge is 0.142 e. The number of para-hydroxylation sites is 1. The average Bonchev–Trinajstić information content (AvgIpc) is 2.45. The van der Waals surface area contributed by atoms with Gasteiger partial charge in [0.2, 0.25) is 0 Å². The molecule has 74 valence electrons. The van der Waals surface area contributed by atoms with Gasteiger partial charge in [0.25, 0.3) is 0 Å². The summed E-state index contributed by atoms with van der Waals surface area (Å²) in [7, 11) is 1.82. The Morgan fingerprint density at radius 1 is 1.50 bits per heavy atom. The summed E-state index contributed by atoms with van der Waals surface area (Å²) in [5, 5.41) is 5.03. The summed E-state index contributed by atoms with van der Waals surface area (Å²) < 4.78 is 15.9. The highest BCUT2D eigenvalue weighted by molar-refractivity contribution is 9.10. The van der Waals surface area contributed by atoms with E-state index < -0.39 is 6.17 Å². The third-order valence-electron chi connectivity index (χ3n) is 2.22. The number of alkyl halides is 1. The summed E-state index contributed by atoms with van der Waals surface area (Å²) in [5.41, 5.74) is 1.44. The van der Waals surface area contributed by atoms with Gasteiger partial charge in [-0.1, -0.05) is 12.1 Å². The topological polar surface area (TPSA) is 17.8 Å². The number of aryl methyl sites for hydroxylation is 1. The van der Waals surface area contributed by atoms with Gasteiger partial charge >= 0.3 is 0 Å². The minimum atomic E-state index is -1.03. The summed E-state index contributed by atoms with van der Waals surface area (Å²) in [6, 6.07) is 5.70. The lowest BCUT2D eigenvalue weighted by atomic mass is 10.1. The van der Waals surface area contributed by atoms with Crippen LogP contribution in [-0.2, 0) is 7.05 Å². The van der Waals surface area contributed by atoms with Gasteiger partial charge in [-0.25, -0.2) is 4.39 Å². The van der Waals surface area contributed by atoms with Crippen LogP contribution in [-0.4, -0.2) is 9.78 Å². The number of benzene rings is 1. The maximum atomic E-state index is 13.2. The number of fused-ring (bicyclic) bond motifs is 1. The Labute approximate surface area is 89.8 Å². The molecule has 0 saturated heterocycles. The zero-order chi connectivity index (χ0) is 10.3. The number of aromatic nitrogens is 2. The predicted octanol–water partition coefficient (Wildman–Crippen LogP) is 3.37. The molecule has 1 heterocycles. The van der Waals surface area contributed by atoms with Gasteiger partial charge < -0.3 is 0 Å². The third-order valence-corrected chi connectivity index (χ3v) is 2.86. The standard InChI is InChI=1S/C10H10BrFN2/c1-6(12)9-7-4-3-5-8(11)10(7)14(2)13-9/h3-6H,1-2H3. The van der Waals surface area contributed by atoms with E-state index >= 15 is 0 Å². The second-order valence-electron chi connectivity index (χ2n) is 3.26. The van der Waals surface area contributed by atoms with Crippen molar-refractivity contribution in [3.8, 4) is 0 Å². The molecule has 2 nitrogen and oxygen atoms in total. The molecule has 1 atom stereocenters. The maximum Gasteiger partial charge on any atom is 0.142 e. The van der Waals surface area contributed by atoms with Gasteiger partial charge in [0.05, 0.1) is 5.52 Å². The first-order chi connectivity index (χ1) is 6.61. The molecule has 2 aromatic rings. The molecule has 4 heteroatoms. The van der Waals surface area contributed by atoms with Crippen molar-refractivity contribution in [2.75, 3.05) is 0 Å². The van der Waals surface area contributed by atoms with E-state index in [4.69, 9.17) is 0 Å². The van der Waals surface area contributed by atoms with Crippen LogP contribution in [0.2, 0.25) is 0 Å². The molecule has 0 bridgehead atoms. The molecule has 1 aromatic heterocycles. The zero-order valence-electron chi connectivity index (χ0n) is 7.96. The van der Waals surface area contributed by atoms with Crippen molar-refractivity contribution in [1.82, 2.24) is 9.78 Å². The lowest BCUT2D eigenvalue weighted by Gasteiger charge is -1.97. The Morgan fingerprint density at radius 2 is 2.21 bits per heavy atom. The molecule has 2 rings (SSSR count). The van der Waals surface area contributed by atoms with Gasteiger partial charge in [0.15, 0.2) is 0 Å². The second-order valence-corrected chi connectivity index (χ2v) is 4.12. The number of rotatable bonds is 1. The van der Waals surface area contributed by atoms with Crippen molar-refractivity contribution in [3.63, 3.8) is 0 Å². The first kappa shape index (κ1) is 9.65. The van der Waals surface area contributed by atoms with E-state index in [2.05, 4.69) is 21.0 Å². The molecule has 0 saturated carbocycles. The van der Waals surface area contributed by atoms with Crippen molar-refractivity contribution < 1.29 is 4.39 Å². The Morgan fingerprint density at radius 3 is 2.86 bits per heavy atom. The fraction of sp³-hybridized carbons (Fsp3) is 0.300. The molecule has 1 unspecified atom stereocenters. The molecule has 0 aliphatic carbocycles. The van der Waals surface area contributed by atoms with Gasteiger partial charge in [-0.05, 0) is 28.9 Å². The van der Waals surface area contributed by atoms with Gasteiger partial charge in [0, 0.05) is 16.9 Å². The molecule has 0 fully saturated rings. The van der Waals surface area contributed by atoms with Crippen LogP contribution in [0, 0.1) is 0 Å². The molecule has 0 spiro atoms. The van der Waals surface area contributed by atoms with E-state index in [-0.39, 0.29) is 0 Å². The van der Waals surface area contributed by atoms with Crippen LogP contribution in [0.15, 0.2) is 22.7 Å². The first-order valence-electron chi connectivity index (χ1n) is 4.36. The van der Waals surface area contributed by atoms with E-state index in [1.54, 1.807) is 4.68 Å². The molecular formula is C10H10BrFN2. The van der Waals surface area contributed by atoms with E-state index in [0.717, 1.165) is 15.4 Å². The van der Waals surface area contributed by atoms with Gasteiger partial charge in [-0.2, -0.15) is 5.10 Å². The van der Waals surface area contributed by atoms with Crippen molar-refractivity contribution >= 4 is 26.8 Å². The van der Waals surface area contributed by atoms with Gasteiger partial charge in [-0.15, -0.1) is 0 Å². The lowest BCUT2D eigenvalue weighted by molar-refractivity contribution is 0.365. The largest absolute Gasteiger partial charge is 0.266 e. The van der Waals surface area contributed by atoms with E-state index in [1.807, 2.05) is 25.2 Å². The average molecular weight is 257 g/mol. The number of hydrogen-bond donors (Lipinski definition) is 0. The summed E-state index contributed by atoms with van der Waals surface area (Å²) in [6.07, 6.45) is -1.03. The predicted molar refractivity (Wildman–Crippen MR) is 57.9 cm³/mol. The molecule has 0 amide bonds. The molecule has 1 aromatic carbocycles. The van der Waals surface area contributed by atoms with E-state index in [0.29, 0.717) is 5.69 Å². The first-order valence-corrected chi connectivity index (χ1v) is 5.15. The van der Waals surface area contributed by atoms with Gasteiger partial charge in [-0.3, -0.25) is 4.68 Å². The number of nitrogens with zero attached hydrogens (tertiary/aromatic N) is 2.